The van der Waals surface area contributed by atoms with Gasteiger partial charge in [-0.05, 0) is 18.2 Å². The number of fused-ring (bicyclic) bond motifs is 1. The van der Waals surface area contributed by atoms with Crippen LogP contribution < -0.4 is 5.32 Å². The Morgan fingerprint density at radius 2 is 2.05 bits per heavy atom. The molecule has 0 radical (unpaired) electrons. The van der Waals surface area contributed by atoms with Crippen LogP contribution in [0.15, 0.2) is 42.6 Å². The maximum absolute atomic E-state index is 13.4. The Morgan fingerprint density at radius 3 is 2.89 bits per heavy atom. The third-order valence-electron chi connectivity index (χ3n) is 2.69. The molecule has 4 nitrogen and oxygen atoms in total. The topological polar surface area (TPSA) is 42.2 Å². The van der Waals surface area contributed by atoms with Gasteiger partial charge in [0.2, 0.25) is 5.95 Å². The lowest BCUT2D eigenvalue weighted by molar-refractivity contribution is 0.612. The standard InChI is InChI=1S/C13H10ClFN4/c14-10-5-6-12-17-13(18-19(12)8-10)16-7-9-3-1-2-4-11(9)15/h1-6,8H,7H2,(H,16,18). The van der Waals surface area contributed by atoms with Crippen LogP contribution in [0.1, 0.15) is 5.56 Å². The van der Waals surface area contributed by atoms with Crippen molar-refractivity contribution in [3.63, 3.8) is 0 Å². The molecule has 1 N–H and O–H groups in total. The molecule has 2 aromatic heterocycles. The first-order valence-corrected chi connectivity index (χ1v) is 6.09. The van der Waals surface area contributed by atoms with Gasteiger partial charge in [0, 0.05) is 18.3 Å². The van der Waals surface area contributed by atoms with Crippen molar-refractivity contribution >= 4 is 23.2 Å². The van der Waals surface area contributed by atoms with Crippen molar-refractivity contribution in [2.45, 2.75) is 6.54 Å². The number of nitrogens with zero attached hydrogens (tertiary/aromatic N) is 3. The van der Waals surface area contributed by atoms with E-state index in [0.717, 1.165) is 0 Å². The molecular formula is C13H10ClFN4. The highest BCUT2D eigenvalue weighted by Gasteiger charge is 2.05. The number of rotatable bonds is 3. The number of hydrogen-bond donors (Lipinski definition) is 1. The summed E-state index contributed by atoms with van der Waals surface area (Å²) in [5, 5.41) is 7.77. The lowest BCUT2D eigenvalue weighted by Crippen LogP contribution is -2.03. The largest absolute Gasteiger partial charge is 0.349 e. The predicted molar refractivity (Wildman–Crippen MR) is 71.7 cm³/mol. The van der Waals surface area contributed by atoms with Gasteiger partial charge in [0.1, 0.15) is 5.82 Å². The summed E-state index contributed by atoms with van der Waals surface area (Å²) in [5.74, 6) is 0.187. The van der Waals surface area contributed by atoms with Gasteiger partial charge in [0.25, 0.3) is 0 Å². The Labute approximate surface area is 113 Å². The zero-order valence-electron chi connectivity index (χ0n) is 9.85. The van der Waals surface area contributed by atoms with E-state index in [2.05, 4.69) is 15.4 Å². The molecule has 19 heavy (non-hydrogen) atoms. The Morgan fingerprint density at radius 1 is 1.21 bits per heavy atom. The normalized spacial score (nSPS) is 10.8. The van der Waals surface area contributed by atoms with Crippen LogP contribution in [0.5, 0.6) is 0 Å². The summed E-state index contributed by atoms with van der Waals surface area (Å²) in [4.78, 5) is 4.26. The average molecular weight is 277 g/mol. The molecule has 0 aliphatic heterocycles. The van der Waals surface area contributed by atoms with Crippen LogP contribution in [0.3, 0.4) is 0 Å². The molecule has 0 aliphatic carbocycles. The van der Waals surface area contributed by atoms with Crippen LogP contribution in [0.4, 0.5) is 10.3 Å². The smallest absolute Gasteiger partial charge is 0.243 e. The number of anilines is 1. The van der Waals surface area contributed by atoms with Crippen LogP contribution in [0.2, 0.25) is 5.02 Å². The van der Waals surface area contributed by atoms with Crippen LogP contribution in [0, 0.1) is 5.82 Å². The second-order valence-electron chi connectivity index (χ2n) is 4.03. The predicted octanol–water partition coefficient (Wildman–Crippen LogP) is 3.13. The van der Waals surface area contributed by atoms with Crippen LogP contribution in [-0.2, 0) is 6.54 Å². The van der Waals surface area contributed by atoms with Crippen LogP contribution >= 0.6 is 11.6 Å². The SMILES string of the molecule is Fc1ccccc1CNc1nc2ccc(Cl)cn2n1. The minimum atomic E-state index is -0.248. The molecule has 0 unspecified atom stereocenters. The monoisotopic (exact) mass is 276 g/mol. The maximum atomic E-state index is 13.4. The number of benzene rings is 1. The number of halogens is 2. The maximum Gasteiger partial charge on any atom is 0.243 e. The van der Waals surface area contributed by atoms with Crippen molar-refractivity contribution < 1.29 is 4.39 Å². The summed E-state index contributed by atoms with van der Waals surface area (Å²) in [6, 6.07) is 10.1. The van der Waals surface area contributed by atoms with E-state index < -0.39 is 0 Å². The minimum Gasteiger partial charge on any atom is -0.349 e. The Hall–Kier alpha value is -2.14. The Bertz CT molecular complexity index is 725. The van der Waals surface area contributed by atoms with E-state index in [1.165, 1.54) is 6.07 Å². The van der Waals surface area contributed by atoms with E-state index in [0.29, 0.717) is 28.7 Å². The van der Waals surface area contributed by atoms with Crippen molar-refractivity contribution in [2.75, 3.05) is 5.32 Å². The van der Waals surface area contributed by atoms with Gasteiger partial charge in [-0.1, -0.05) is 29.8 Å². The van der Waals surface area contributed by atoms with Crippen LogP contribution in [0.25, 0.3) is 5.65 Å². The quantitative estimate of drug-likeness (QED) is 0.799. The molecule has 96 valence electrons. The molecule has 6 heteroatoms. The first-order valence-electron chi connectivity index (χ1n) is 5.71. The number of aromatic nitrogens is 3. The fraction of sp³-hybridized carbons (Fsp3) is 0.0769. The Kier molecular flexibility index (Phi) is 3.05. The highest BCUT2D eigenvalue weighted by atomic mass is 35.5. The summed E-state index contributed by atoms with van der Waals surface area (Å²) in [7, 11) is 0. The molecule has 0 saturated carbocycles. The average Bonchev–Trinajstić information content (AvgIpc) is 2.79. The molecule has 0 bridgehead atoms. The van der Waals surface area contributed by atoms with E-state index in [4.69, 9.17) is 11.6 Å². The van der Waals surface area contributed by atoms with Gasteiger partial charge >= 0.3 is 0 Å². The fourth-order valence-electron chi connectivity index (χ4n) is 1.75. The minimum absolute atomic E-state index is 0.248. The first kappa shape index (κ1) is 11.9. The lowest BCUT2D eigenvalue weighted by Gasteiger charge is -2.02. The van der Waals surface area contributed by atoms with Gasteiger partial charge in [0.05, 0.1) is 5.02 Å². The van der Waals surface area contributed by atoms with E-state index >= 15 is 0 Å². The number of nitrogens with one attached hydrogen (secondary N) is 1. The second-order valence-corrected chi connectivity index (χ2v) is 4.47. The van der Waals surface area contributed by atoms with Gasteiger partial charge in [0.15, 0.2) is 5.65 Å². The number of hydrogen-bond acceptors (Lipinski definition) is 3. The molecule has 2 heterocycles. The molecule has 0 spiro atoms. The zero-order chi connectivity index (χ0) is 13.2. The van der Waals surface area contributed by atoms with Crippen molar-refractivity contribution in [3.8, 4) is 0 Å². The summed E-state index contributed by atoms with van der Waals surface area (Å²) in [6.45, 7) is 0.331. The van der Waals surface area contributed by atoms with Gasteiger partial charge in [-0.15, -0.1) is 5.10 Å². The highest BCUT2D eigenvalue weighted by Crippen LogP contribution is 2.13. The highest BCUT2D eigenvalue weighted by molar-refractivity contribution is 6.30. The number of pyridine rings is 1. The molecule has 0 saturated heterocycles. The van der Waals surface area contributed by atoms with Gasteiger partial charge in [-0.25, -0.2) is 8.91 Å². The molecule has 3 rings (SSSR count). The third-order valence-corrected chi connectivity index (χ3v) is 2.91. The van der Waals surface area contributed by atoms with Gasteiger partial charge in [-0.3, -0.25) is 0 Å². The second kappa shape index (κ2) is 4.85. The first-order chi connectivity index (χ1) is 9.22. The Balaban J connectivity index is 1.80. The summed E-state index contributed by atoms with van der Waals surface area (Å²) >= 11 is 5.86. The lowest BCUT2D eigenvalue weighted by atomic mass is 10.2. The molecule has 0 amide bonds. The van der Waals surface area contributed by atoms with Gasteiger partial charge in [-0.2, -0.15) is 4.98 Å². The van der Waals surface area contributed by atoms with E-state index in [9.17, 15) is 4.39 Å². The molecule has 1 aromatic carbocycles. The third kappa shape index (κ3) is 2.51. The summed E-state index contributed by atoms with van der Waals surface area (Å²) in [5.41, 5.74) is 1.25. The van der Waals surface area contributed by atoms with Crippen molar-refractivity contribution in [1.82, 2.24) is 14.6 Å². The van der Waals surface area contributed by atoms with E-state index in [1.807, 2.05) is 0 Å². The van der Waals surface area contributed by atoms with E-state index in [1.54, 1.807) is 41.0 Å². The molecule has 0 aliphatic rings. The van der Waals surface area contributed by atoms with Crippen molar-refractivity contribution in [1.29, 1.82) is 0 Å². The molecule has 0 atom stereocenters. The van der Waals surface area contributed by atoms with Crippen molar-refractivity contribution in [3.05, 3.63) is 59.0 Å². The summed E-state index contributed by atoms with van der Waals surface area (Å²) in [6.07, 6.45) is 1.66. The van der Waals surface area contributed by atoms with Crippen molar-refractivity contribution in [2.24, 2.45) is 0 Å². The fourth-order valence-corrected chi connectivity index (χ4v) is 1.90. The van der Waals surface area contributed by atoms with E-state index in [-0.39, 0.29) is 5.82 Å². The van der Waals surface area contributed by atoms with Crippen LogP contribution in [-0.4, -0.2) is 14.6 Å². The molecule has 0 fully saturated rings. The summed E-state index contributed by atoms with van der Waals surface area (Å²) < 4.78 is 15.0. The molecule has 3 aromatic rings. The zero-order valence-corrected chi connectivity index (χ0v) is 10.6. The van der Waals surface area contributed by atoms with Gasteiger partial charge < -0.3 is 5.32 Å². The molecular weight excluding hydrogens is 267 g/mol.